The Kier molecular flexibility index (Phi) is 4.20. The Morgan fingerprint density at radius 2 is 2.36 bits per heavy atom. The van der Waals surface area contributed by atoms with Crippen molar-refractivity contribution in [2.45, 2.75) is 32.7 Å². The van der Waals surface area contributed by atoms with Crippen molar-refractivity contribution in [3.05, 3.63) is 0 Å². The lowest BCUT2D eigenvalue weighted by molar-refractivity contribution is 0.0374. The Morgan fingerprint density at radius 3 is 2.93 bits per heavy atom. The summed E-state index contributed by atoms with van der Waals surface area (Å²) in [6.45, 7) is 6.14. The minimum absolute atomic E-state index is 0.177. The molecule has 4 nitrogen and oxygen atoms in total. The van der Waals surface area contributed by atoms with Crippen LogP contribution in [-0.4, -0.2) is 36.7 Å². The largest absolute Gasteiger partial charge is 0.449 e. The molecule has 1 aliphatic rings. The normalized spacial score (nSPS) is 22.7. The number of ether oxygens (including phenoxy) is 1. The molecule has 4 heteroatoms. The van der Waals surface area contributed by atoms with Crippen molar-refractivity contribution in [1.82, 2.24) is 4.90 Å². The van der Waals surface area contributed by atoms with Gasteiger partial charge in [-0.15, -0.1) is 0 Å². The van der Waals surface area contributed by atoms with E-state index in [-0.39, 0.29) is 12.1 Å². The highest BCUT2D eigenvalue weighted by Gasteiger charge is 2.29. The van der Waals surface area contributed by atoms with Gasteiger partial charge in [0, 0.05) is 19.0 Å². The SMILES string of the molecule is CC(C)CN1C(=O)OCCC1CCN. The second-order valence-electron chi connectivity index (χ2n) is 4.18. The molecule has 0 radical (unpaired) electrons. The molecule has 0 aromatic rings. The lowest BCUT2D eigenvalue weighted by Crippen LogP contribution is -2.47. The van der Waals surface area contributed by atoms with E-state index in [9.17, 15) is 4.79 Å². The maximum absolute atomic E-state index is 11.5. The van der Waals surface area contributed by atoms with Crippen LogP contribution in [0.3, 0.4) is 0 Å². The van der Waals surface area contributed by atoms with Crippen molar-refractivity contribution in [2.75, 3.05) is 19.7 Å². The molecule has 14 heavy (non-hydrogen) atoms. The molecule has 1 heterocycles. The van der Waals surface area contributed by atoms with Crippen LogP contribution in [0.2, 0.25) is 0 Å². The summed E-state index contributed by atoms with van der Waals surface area (Å²) in [6, 6.07) is 0.281. The second kappa shape index (κ2) is 5.20. The van der Waals surface area contributed by atoms with Gasteiger partial charge in [-0.1, -0.05) is 13.8 Å². The van der Waals surface area contributed by atoms with Crippen molar-refractivity contribution in [3.63, 3.8) is 0 Å². The summed E-state index contributed by atoms with van der Waals surface area (Å²) in [7, 11) is 0. The Hall–Kier alpha value is -0.770. The third-order valence-corrected chi connectivity index (χ3v) is 2.41. The van der Waals surface area contributed by atoms with Crippen molar-refractivity contribution in [3.8, 4) is 0 Å². The number of amides is 1. The van der Waals surface area contributed by atoms with Crippen molar-refractivity contribution >= 4 is 6.09 Å². The molecule has 1 aliphatic heterocycles. The fraction of sp³-hybridized carbons (Fsp3) is 0.900. The molecule has 0 saturated carbocycles. The minimum Gasteiger partial charge on any atom is -0.449 e. The molecule has 0 aliphatic carbocycles. The van der Waals surface area contributed by atoms with Gasteiger partial charge in [-0.25, -0.2) is 4.79 Å². The zero-order valence-corrected chi connectivity index (χ0v) is 9.03. The molecule has 0 aromatic heterocycles. The molecule has 1 rings (SSSR count). The van der Waals surface area contributed by atoms with Crippen molar-refractivity contribution in [1.29, 1.82) is 0 Å². The predicted molar refractivity (Wildman–Crippen MR) is 55.0 cm³/mol. The molecule has 82 valence electrons. The van der Waals surface area contributed by atoms with Crippen LogP contribution in [0.15, 0.2) is 0 Å². The van der Waals surface area contributed by atoms with Crippen LogP contribution in [0.4, 0.5) is 4.79 Å². The van der Waals surface area contributed by atoms with Crippen molar-refractivity contribution < 1.29 is 9.53 Å². The molecular weight excluding hydrogens is 180 g/mol. The number of carbonyl (C=O) groups excluding carboxylic acids is 1. The van der Waals surface area contributed by atoms with E-state index in [1.165, 1.54) is 0 Å². The van der Waals surface area contributed by atoms with Gasteiger partial charge in [0.05, 0.1) is 6.61 Å². The van der Waals surface area contributed by atoms with Gasteiger partial charge in [0.15, 0.2) is 0 Å². The number of carbonyl (C=O) groups is 1. The van der Waals surface area contributed by atoms with Gasteiger partial charge >= 0.3 is 6.09 Å². The Labute approximate surface area is 85.4 Å². The van der Waals surface area contributed by atoms with Crippen LogP contribution in [0.1, 0.15) is 26.7 Å². The summed E-state index contributed by atoms with van der Waals surface area (Å²) >= 11 is 0. The third-order valence-electron chi connectivity index (χ3n) is 2.41. The van der Waals surface area contributed by atoms with Crippen LogP contribution in [0.5, 0.6) is 0 Å². The van der Waals surface area contributed by atoms with E-state index in [0.717, 1.165) is 19.4 Å². The molecule has 0 bridgehead atoms. The van der Waals surface area contributed by atoms with Crippen LogP contribution in [0.25, 0.3) is 0 Å². The summed E-state index contributed by atoms with van der Waals surface area (Å²) in [6.07, 6.45) is 1.61. The van der Waals surface area contributed by atoms with Gasteiger partial charge in [-0.05, 0) is 18.9 Å². The van der Waals surface area contributed by atoms with E-state index in [0.29, 0.717) is 19.1 Å². The first kappa shape index (κ1) is 11.3. The van der Waals surface area contributed by atoms with E-state index in [4.69, 9.17) is 10.5 Å². The summed E-state index contributed by atoms with van der Waals surface area (Å²) in [5, 5.41) is 0. The first-order valence-electron chi connectivity index (χ1n) is 5.28. The molecule has 1 atom stereocenters. The quantitative estimate of drug-likeness (QED) is 0.742. The van der Waals surface area contributed by atoms with E-state index in [2.05, 4.69) is 13.8 Å². The number of rotatable bonds is 4. The van der Waals surface area contributed by atoms with Crippen LogP contribution in [-0.2, 0) is 4.74 Å². The third kappa shape index (κ3) is 2.87. The van der Waals surface area contributed by atoms with Crippen molar-refractivity contribution in [2.24, 2.45) is 11.7 Å². The smallest absolute Gasteiger partial charge is 0.410 e. The van der Waals surface area contributed by atoms with Gasteiger partial charge in [0.1, 0.15) is 0 Å². The predicted octanol–water partition coefficient (Wildman–Crippen LogP) is 1.20. The number of hydrogen-bond acceptors (Lipinski definition) is 3. The van der Waals surface area contributed by atoms with Gasteiger partial charge in [-0.3, -0.25) is 0 Å². The molecule has 1 unspecified atom stereocenters. The highest BCUT2D eigenvalue weighted by molar-refractivity contribution is 5.68. The Bertz CT molecular complexity index is 193. The van der Waals surface area contributed by atoms with Crippen LogP contribution in [0, 0.1) is 5.92 Å². The maximum atomic E-state index is 11.5. The van der Waals surface area contributed by atoms with Gasteiger partial charge in [0.2, 0.25) is 0 Å². The summed E-state index contributed by atoms with van der Waals surface area (Å²) in [5.41, 5.74) is 5.52. The van der Waals surface area contributed by atoms with E-state index < -0.39 is 0 Å². The lowest BCUT2D eigenvalue weighted by atomic mass is 10.1. The van der Waals surface area contributed by atoms with Crippen LogP contribution < -0.4 is 5.73 Å². The second-order valence-corrected chi connectivity index (χ2v) is 4.18. The molecule has 0 spiro atoms. The number of cyclic esters (lactones) is 1. The van der Waals surface area contributed by atoms with Gasteiger partial charge in [-0.2, -0.15) is 0 Å². The average molecular weight is 200 g/mol. The molecule has 1 saturated heterocycles. The summed E-state index contributed by atoms with van der Waals surface area (Å²) in [5.74, 6) is 0.473. The van der Waals surface area contributed by atoms with E-state index in [1.807, 2.05) is 4.90 Å². The highest BCUT2D eigenvalue weighted by atomic mass is 16.6. The Morgan fingerprint density at radius 1 is 1.64 bits per heavy atom. The zero-order chi connectivity index (χ0) is 10.6. The zero-order valence-electron chi connectivity index (χ0n) is 9.03. The highest BCUT2D eigenvalue weighted by Crippen LogP contribution is 2.17. The lowest BCUT2D eigenvalue weighted by Gasteiger charge is -2.35. The molecule has 2 N–H and O–H groups in total. The number of nitrogens with two attached hydrogens (primary N) is 1. The average Bonchev–Trinajstić information content (AvgIpc) is 2.11. The fourth-order valence-electron chi connectivity index (χ4n) is 1.78. The summed E-state index contributed by atoms with van der Waals surface area (Å²) in [4.78, 5) is 13.3. The molecule has 0 aromatic carbocycles. The van der Waals surface area contributed by atoms with E-state index in [1.54, 1.807) is 0 Å². The van der Waals surface area contributed by atoms with Gasteiger partial charge < -0.3 is 15.4 Å². The monoisotopic (exact) mass is 200 g/mol. The molecule has 1 amide bonds. The minimum atomic E-state index is -0.177. The first-order valence-corrected chi connectivity index (χ1v) is 5.28. The Balaban J connectivity index is 2.56. The van der Waals surface area contributed by atoms with Gasteiger partial charge in [0.25, 0.3) is 0 Å². The summed E-state index contributed by atoms with van der Waals surface area (Å²) < 4.78 is 5.01. The number of hydrogen-bond donors (Lipinski definition) is 1. The fourth-order valence-corrected chi connectivity index (χ4v) is 1.78. The topological polar surface area (TPSA) is 55.6 Å². The molecule has 1 fully saturated rings. The number of nitrogens with zero attached hydrogens (tertiary/aromatic N) is 1. The standard InChI is InChI=1S/C10H20N2O2/c1-8(2)7-12-9(3-5-11)4-6-14-10(12)13/h8-9H,3-7,11H2,1-2H3. The first-order chi connectivity index (χ1) is 6.65. The molecular formula is C10H20N2O2. The van der Waals surface area contributed by atoms with E-state index >= 15 is 0 Å². The maximum Gasteiger partial charge on any atom is 0.410 e. The van der Waals surface area contributed by atoms with Crippen LogP contribution >= 0.6 is 0 Å².